The van der Waals surface area contributed by atoms with Gasteiger partial charge in [0.1, 0.15) is 6.54 Å². The Hall–Kier alpha value is -2.52. The van der Waals surface area contributed by atoms with Crippen molar-refractivity contribution in [2.75, 3.05) is 5.32 Å². The van der Waals surface area contributed by atoms with Crippen LogP contribution in [0.1, 0.15) is 28.3 Å². The second kappa shape index (κ2) is 8.31. The van der Waals surface area contributed by atoms with Gasteiger partial charge in [-0.15, -0.1) is 0 Å². The summed E-state index contributed by atoms with van der Waals surface area (Å²) in [5.74, 6) is -0.509. The van der Waals surface area contributed by atoms with Crippen LogP contribution in [-0.4, -0.2) is 25.5 Å². The lowest BCUT2D eigenvalue weighted by Crippen LogP contribution is -2.21. The number of hydrogen-bond acceptors (Lipinski definition) is 3. The first-order valence-corrected chi connectivity index (χ1v) is 9.60. The van der Waals surface area contributed by atoms with Crippen molar-refractivity contribution < 1.29 is 18.0 Å². The van der Waals surface area contributed by atoms with Gasteiger partial charge in [-0.25, -0.2) is 0 Å². The predicted molar refractivity (Wildman–Crippen MR) is 108 cm³/mol. The van der Waals surface area contributed by atoms with Crippen molar-refractivity contribution >= 4 is 34.8 Å². The number of aryl methyl sites for hydroxylation is 2. The molecule has 2 aromatic heterocycles. The highest BCUT2D eigenvalue weighted by Gasteiger charge is 2.34. The Morgan fingerprint density at radius 2 is 1.80 bits per heavy atom. The average Bonchev–Trinajstić information content (AvgIpc) is 3.12. The quantitative estimate of drug-likeness (QED) is 0.582. The summed E-state index contributed by atoms with van der Waals surface area (Å²) < 4.78 is 41.1. The second-order valence-corrected chi connectivity index (χ2v) is 7.66. The van der Waals surface area contributed by atoms with Gasteiger partial charge in [0, 0.05) is 15.7 Å². The molecule has 11 heteroatoms. The van der Waals surface area contributed by atoms with Crippen molar-refractivity contribution in [2.24, 2.45) is 0 Å². The summed E-state index contributed by atoms with van der Waals surface area (Å²) in [6, 6.07) is 6.04. The molecule has 1 N–H and O–H groups in total. The van der Waals surface area contributed by atoms with Crippen molar-refractivity contribution in [2.45, 2.75) is 40.0 Å². The van der Waals surface area contributed by atoms with E-state index in [4.69, 9.17) is 23.2 Å². The number of halogens is 5. The molecule has 0 radical (unpaired) electrons. The number of carbonyl (C=O) groups is 1. The molecule has 1 amide bonds. The lowest BCUT2D eigenvalue weighted by atomic mass is 10.2. The zero-order chi connectivity index (χ0) is 22.2. The molecule has 0 unspecified atom stereocenters. The van der Waals surface area contributed by atoms with E-state index >= 15 is 0 Å². The molecule has 160 valence electrons. The van der Waals surface area contributed by atoms with Crippen molar-refractivity contribution in [3.05, 3.63) is 62.6 Å². The smallest absolute Gasteiger partial charge is 0.321 e. The summed E-state index contributed by atoms with van der Waals surface area (Å²) in [6.07, 6.45) is -4.57. The normalized spacial score (nSPS) is 11.7. The summed E-state index contributed by atoms with van der Waals surface area (Å²) in [5.41, 5.74) is 1.74. The summed E-state index contributed by atoms with van der Waals surface area (Å²) >= 11 is 12.1. The van der Waals surface area contributed by atoms with Crippen LogP contribution in [0.5, 0.6) is 0 Å². The van der Waals surface area contributed by atoms with Crippen LogP contribution in [-0.2, 0) is 24.1 Å². The number of nitrogens with one attached hydrogen (secondary N) is 1. The monoisotopic (exact) mass is 459 g/mol. The standard InChI is InChI=1S/C19H18Cl2F3N5O/c1-10-6-16(19(22,23)24)27-28(10)9-17(30)25-18-11(2)26-29(12(18)3)8-13-4-5-14(20)7-15(13)21/h4-7H,8-9H2,1-3H3,(H,25,30). The van der Waals surface area contributed by atoms with Crippen LogP contribution >= 0.6 is 23.2 Å². The molecule has 1 aromatic carbocycles. The van der Waals surface area contributed by atoms with Gasteiger partial charge < -0.3 is 5.32 Å². The van der Waals surface area contributed by atoms with E-state index in [1.807, 2.05) is 0 Å². The van der Waals surface area contributed by atoms with E-state index in [1.54, 1.807) is 36.7 Å². The second-order valence-electron chi connectivity index (χ2n) is 6.81. The summed E-state index contributed by atoms with van der Waals surface area (Å²) in [7, 11) is 0. The van der Waals surface area contributed by atoms with Gasteiger partial charge in [-0.3, -0.25) is 14.2 Å². The van der Waals surface area contributed by atoms with Crippen LogP contribution in [0.4, 0.5) is 18.9 Å². The molecule has 0 aliphatic carbocycles. The highest BCUT2D eigenvalue weighted by Crippen LogP contribution is 2.28. The Bertz CT molecular complexity index is 1100. The molecule has 0 atom stereocenters. The number of amides is 1. The van der Waals surface area contributed by atoms with Crippen LogP contribution in [0.2, 0.25) is 10.0 Å². The minimum atomic E-state index is -4.57. The zero-order valence-electron chi connectivity index (χ0n) is 16.3. The van der Waals surface area contributed by atoms with Crippen LogP contribution in [0.25, 0.3) is 0 Å². The summed E-state index contributed by atoms with van der Waals surface area (Å²) in [4.78, 5) is 12.4. The lowest BCUT2D eigenvalue weighted by molar-refractivity contribution is -0.141. The van der Waals surface area contributed by atoms with Gasteiger partial charge in [0.15, 0.2) is 5.69 Å². The molecule has 0 saturated carbocycles. The maximum Gasteiger partial charge on any atom is 0.435 e. The van der Waals surface area contributed by atoms with Gasteiger partial charge in [0.2, 0.25) is 5.91 Å². The number of hydrogen-bond donors (Lipinski definition) is 1. The maximum absolute atomic E-state index is 12.8. The Kier molecular flexibility index (Phi) is 6.14. The van der Waals surface area contributed by atoms with E-state index < -0.39 is 17.8 Å². The van der Waals surface area contributed by atoms with Crippen LogP contribution in [0, 0.1) is 20.8 Å². The van der Waals surface area contributed by atoms with E-state index in [0.29, 0.717) is 33.7 Å². The molecule has 2 heterocycles. The molecular formula is C19H18Cl2F3N5O. The maximum atomic E-state index is 12.8. The third-order valence-corrected chi connectivity index (χ3v) is 5.13. The summed E-state index contributed by atoms with van der Waals surface area (Å²) in [5, 5.41) is 11.6. The van der Waals surface area contributed by atoms with Gasteiger partial charge >= 0.3 is 6.18 Å². The molecule has 0 spiro atoms. The van der Waals surface area contributed by atoms with Crippen LogP contribution < -0.4 is 5.32 Å². The van der Waals surface area contributed by atoms with Gasteiger partial charge in [-0.1, -0.05) is 29.3 Å². The largest absolute Gasteiger partial charge is 0.435 e. The summed E-state index contributed by atoms with van der Waals surface area (Å²) in [6.45, 7) is 4.98. The van der Waals surface area contributed by atoms with Crippen molar-refractivity contribution in [1.82, 2.24) is 19.6 Å². The number of nitrogens with zero attached hydrogens (tertiary/aromatic N) is 4. The molecule has 6 nitrogen and oxygen atoms in total. The molecule has 0 saturated heterocycles. The Morgan fingerprint density at radius 3 is 2.40 bits per heavy atom. The fraction of sp³-hybridized carbons (Fsp3) is 0.316. The van der Waals surface area contributed by atoms with E-state index in [9.17, 15) is 18.0 Å². The SMILES string of the molecule is Cc1nn(Cc2ccc(Cl)cc2Cl)c(C)c1NC(=O)Cn1nc(C(F)(F)F)cc1C. The fourth-order valence-corrected chi connectivity index (χ4v) is 3.43. The van der Waals surface area contributed by atoms with E-state index in [2.05, 4.69) is 15.5 Å². The number of alkyl halides is 3. The van der Waals surface area contributed by atoms with E-state index in [0.717, 1.165) is 16.3 Å². The number of aromatic nitrogens is 4. The number of rotatable bonds is 5. The third kappa shape index (κ3) is 4.79. The Morgan fingerprint density at radius 1 is 1.10 bits per heavy atom. The first-order chi connectivity index (χ1) is 14.0. The Balaban J connectivity index is 1.76. The molecular weight excluding hydrogens is 442 g/mol. The van der Waals surface area contributed by atoms with Crippen molar-refractivity contribution in [3.8, 4) is 0 Å². The third-order valence-electron chi connectivity index (χ3n) is 4.55. The minimum absolute atomic E-state index is 0.235. The van der Waals surface area contributed by atoms with Crippen molar-refractivity contribution in [3.63, 3.8) is 0 Å². The molecule has 3 aromatic rings. The highest BCUT2D eigenvalue weighted by molar-refractivity contribution is 6.35. The average molecular weight is 460 g/mol. The minimum Gasteiger partial charge on any atom is -0.321 e. The topological polar surface area (TPSA) is 64.7 Å². The molecule has 0 fully saturated rings. The number of benzene rings is 1. The van der Waals surface area contributed by atoms with E-state index in [-0.39, 0.29) is 12.2 Å². The Labute approximate surface area is 180 Å². The number of carbonyl (C=O) groups excluding carboxylic acids is 1. The number of anilines is 1. The van der Waals surface area contributed by atoms with Gasteiger partial charge in [0.05, 0.1) is 23.6 Å². The van der Waals surface area contributed by atoms with Gasteiger partial charge in [0.25, 0.3) is 0 Å². The first kappa shape index (κ1) is 22.2. The van der Waals surface area contributed by atoms with Crippen LogP contribution in [0.3, 0.4) is 0 Å². The van der Waals surface area contributed by atoms with E-state index in [1.165, 1.54) is 6.92 Å². The molecule has 3 rings (SSSR count). The predicted octanol–water partition coefficient (Wildman–Crippen LogP) is 5.02. The first-order valence-electron chi connectivity index (χ1n) is 8.85. The molecule has 0 bridgehead atoms. The highest BCUT2D eigenvalue weighted by atomic mass is 35.5. The van der Waals surface area contributed by atoms with Crippen LogP contribution in [0.15, 0.2) is 24.3 Å². The molecule has 0 aliphatic heterocycles. The molecule has 0 aliphatic rings. The zero-order valence-corrected chi connectivity index (χ0v) is 17.8. The van der Waals surface area contributed by atoms with Crippen molar-refractivity contribution in [1.29, 1.82) is 0 Å². The van der Waals surface area contributed by atoms with Gasteiger partial charge in [-0.2, -0.15) is 23.4 Å². The van der Waals surface area contributed by atoms with Gasteiger partial charge in [-0.05, 0) is 44.5 Å². The lowest BCUT2D eigenvalue weighted by Gasteiger charge is -2.09. The fourth-order valence-electron chi connectivity index (χ4n) is 2.97. The molecule has 30 heavy (non-hydrogen) atoms.